The van der Waals surface area contributed by atoms with Gasteiger partial charge in [0.15, 0.2) is 11.3 Å². The Morgan fingerprint density at radius 1 is 0.938 bits per heavy atom. The fraction of sp³-hybridized carbons (Fsp3) is 0. The summed E-state index contributed by atoms with van der Waals surface area (Å²) >= 11 is 5.38. The van der Waals surface area contributed by atoms with Gasteiger partial charge in [-0.25, -0.2) is 0 Å². The molecular formula is C13H8O2S. The second-order valence-electron chi connectivity index (χ2n) is 3.58. The summed E-state index contributed by atoms with van der Waals surface area (Å²) in [5.74, 6) is 0.120. The fourth-order valence-corrected chi connectivity index (χ4v) is 2.14. The number of hydrogen-bond acceptors (Lipinski definition) is 3. The molecule has 0 radical (unpaired) electrons. The van der Waals surface area contributed by atoms with Gasteiger partial charge in [-0.05, 0) is 24.3 Å². The molecule has 3 rings (SSSR count). The van der Waals surface area contributed by atoms with Crippen LogP contribution in [0.2, 0.25) is 0 Å². The lowest BCUT2D eigenvalue weighted by Gasteiger charge is -2.03. The minimum absolute atomic E-state index is 0.120. The molecule has 0 atom stereocenters. The zero-order chi connectivity index (χ0) is 11.1. The predicted molar refractivity (Wildman–Crippen MR) is 66.2 cm³/mol. The molecule has 2 nitrogen and oxygen atoms in total. The van der Waals surface area contributed by atoms with Crippen molar-refractivity contribution in [1.82, 2.24) is 0 Å². The van der Waals surface area contributed by atoms with E-state index in [0.29, 0.717) is 15.7 Å². The van der Waals surface area contributed by atoms with E-state index in [-0.39, 0.29) is 5.75 Å². The summed E-state index contributed by atoms with van der Waals surface area (Å²) < 4.78 is 6.36. The number of phenolic OH excluding ortho intramolecular Hbond substituents is 1. The van der Waals surface area contributed by atoms with E-state index in [1.165, 1.54) is 0 Å². The number of benzene rings is 2. The number of hydrogen-bond donors (Lipinski definition) is 1. The highest BCUT2D eigenvalue weighted by Gasteiger charge is 2.06. The average Bonchev–Trinajstić information content (AvgIpc) is 2.31. The molecule has 0 saturated heterocycles. The minimum Gasteiger partial charge on any atom is -0.504 e. The molecule has 3 heteroatoms. The van der Waals surface area contributed by atoms with Crippen molar-refractivity contribution in [2.45, 2.75) is 0 Å². The molecule has 3 aromatic rings. The first-order valence-corrected chi connectivity index (χ1v) is 5.32. The maximum Gasteiger partial charge on any atom is 0.177 e. The molecule has 0 aliphatic carbocycles. The van der Waals surface area contributed by atoms with Gasteiger partial charge >= 0.3 is 0 Å². The lowest BCUT2D eigenvalue weighted by atomic mass is 10.1. The molecule has 2 aromatic carbocycles. The molecule has 78 valence electrons. The van der Waals surface area contributed by atoms with Crippen LogP contribution in [0.3, 0.4) is 0 Å². The van der Waals surface area contributed by atoms with Crippen LogP contribution in [-0.4, -0.2) is 5.11 Å². The van der Waals surface area contributed by atoms with Gasteiger partial charge in [-0.1, -0.05) is 30.4 Å². The van der Waals surface area contributed by atoms with Crippen LogP contribution < -0.4 is 0 Å². The predicted octanol–water partition coefficient (Wildman–Crippen LogP) is 4.02. The van der Waals surface area contributed by atoms with E-state index >= 15 is 0 Å². The lowest BCUT2D eigenvalue weighted by molar-refractivity contribution is 0.468. The van der Waals surface area contributed by atoms with Crippen LogP contribution in [0.25, 0.3) is 21.9 Å². The van der Waals surface area contributed by atoms with Crippen LogP contribution in [0, 0.1) is 4.51 Å². The van der Waals surface area contributed by atoms with Gasteiger partial charge in [-0.15, -0.1) is 0 Å². The van der Waals surface area contributed by atoms with E-state index in [1.54, 1.807) is 12.1 Å². The molecule has 0 aliphatic heterocycles. The van der Waals surface area contributed by atoms with E-state index in [4.69, 9.17) is 16.6 Å². The zero-order valence-corrected chi connectivity index (χ0v) is 9.12. The van der Waals surface area contributed by atoms with Crippen LogP contribution in [0.5, 0.6) is 5.75 Å². The van der Waals surface area contributed by atoms with E-state index in [1.807, 2.05) is 30.3 Å². The monoisotopic (exact) mass is 228 g/mol. The van der Waals surface area contributed by atoms with Crippen molar-refractivity contribution >= 4 is 34.2 Å². The molecular weight excluding hydrogens is 220 g/mol. The van der Waals surface area contributed by atoms with Crippen LogP contribution in [0.15, 0.2) is 46.9 Å². The Morgan fingerprint density at radius 3 is 2.56 bits per heavy atom. The Hall–Kier alpha value is -1.87. The van der Waals surface area contributed by atoms with Crippen LogP contribution >= 0.6 is 12.2 Å². The summed E-state index contributed by atoms with van der Waals surface area (Å²) in [7, 11) is 0. The Kier molecular flexibility index (Phi) is 1.94. The number of rotatable bonds is 0. The largest absolute Gasteiger partial charge is 0.504 e. The highest BCUT2D eigenvalue weighted by Crippen LogP contribution is 2.30. The number of para-hydroxylation sites is 2. The highest BCUT2D eigenvalue weighted by molar-refractivity contribution is 7.72. The van der Waals surface area contributed by atoms with Crippen molar-refractivity contribution < 1.29 is 9.52 Å². The van der Waals surface area contributed by atoms with Gasteiger partial charge in [0, 0.05) is 10.8 Å². The maximum atomic E-state index is 9.72. The van der Waals surface area contributed by atoms with Gasteiger partial charge in [0.1, 0.15) is 5.58 Å². The number of fused-ring (bicyclic) bond motifs is 2. The van der Waals surface area contributed by atoms with Crippen molar-refractivity contribution in [1.29, 1.82) is 0 Å². The van der Waals surface area contributed by atoms with Gasteiger partial charge in [-0.3, -0.25) is 0 Å². The van der Waals surface area contributed by atoms with E-state index < -0.39 is 0 Å². The van der Waals surface area contributed by atoms with Crippen molar-refractivity contribution in [2.24, 2.45) is 0 Å². The second-order valence-corrected chi connectivity index (χ2v) is 3.99. The smallest absolute Gasteiger partial charge is 0.177 e. The quantitative estimate of drug-likeness (QED) is 0.466. The average molecular weight is 228 g/mol. The van der Waals surface area contributed by atoms with Crippen molar-refractivity contribution in [2.75, 3.05) is 0 Å². The first-order valence-electron chi connectivity index (χ1n) is 4.91. The molecule has 0 bridgehead atoms. The summed E-state index contributed by atoms with van der Waals surface area (Å²) in [6.07, 6.45) is 0. The molecule has 1 aromatic heterocycles. The number of aromatic hydroxyl groups is 1. The first kappa shape index (κ1) is 9.36. The summed E-state index contributed by atoms with van der Waals surface area (Å²) in [6, 6.07) is 12.8. The SMILES string of the molecule is Oc1cccc2c(=S)c3ccccc3oc12. The lowest BCUT2D eigenvalue weighted by Crippen LogP contribution is -1.79. The minimum atomic E-state index is 0.120. The fourth-order valence-electron chi connectivity index (χ4n) is 1.81. The summed E-state index contributed by atoms with van der Waals surface area (Å²) in [4.78, 5) is 0. The molecule has 0 aliphatic rings. The Morgan fingerprint density at radius 2 is 1.69 bits per heavy atom. The normalized spacial score (nSPS) is 11.0. The zero-order valence-electron chi connectivity index (χ0n) is 8.31. The molecule has 0 fully saturated rings. The third-order valence-corrected chi connectivity index (χ3v) is 3.02. The Labute approximate surface area is 96.8 Å². The van der Waals surface area contributed by atoms with Crippen molar-refractivity contribution in [3.8, 4) is 5.75 Å². The number of phenols is 1. The van der Waals surface area contributed by atoms with Gasteiger partial charge in [0.05, 0.1) is 4.51 Å². The molecule has 1 heterocycles. The molecule has 16 heavy (non-hydrogen) atoms. The van der Waals surface area contributed by atoms with E-state index in [0.717, 1.165) is 10.8 Å². The Balaban J connectivity index is 2.67. The van der Waals surface area contributed by atoms with Crippen LogP contribution in [-0.2, 0) is 0 Å². The first-order chi connectivity index (χ1) is 7.77. The van der Waals surface area contributed by atoms with Crippen LogP contribution in [0.4, 0.5) is 0 Å². The van der Waals surface area contributed by atoms with Gasteiger partial charge in [0.2, 0.25) is 0 Å². The van der Waals surface area contributed by atoms with Gasteiger partial charge in [0.25, 0.3) is 0 Å². The Bertz CT molecular complexity index is 744. The summed E-state index contributed by atoms with van der Waals surface area (Å²) in [5.41, 5.74) is 1.15. The molecule has 1 N–H and O–H groups in total. The molecule has 0 unspecified atom stereocenters. The van der Waals surface area contributed by atoms with E-state index in [9.17, 15) is 5.11 Å². The molecule has 0 spiro atoms. The van der Waals surface area contributed by atoms with Crippen LogP contribution in [0.1, 0.15) is 0 Å². The highest BCUT2D eigenvalue weighted by atomic mass is 32.1. The summed E-state index contributed by atoms with van der Waals surface area (Å²) in [6.45, 7) is 0. The topological polar surface area (TPSA) is 33.4 Å². The van der Waals surface area contributed by atoms with Gasteiger partial charge in [-0.2, -0.15) is 0 Å². The summed E-state index contributed by atoms with van der Waals surface area (Å²) in [5, 5.41) is 11.4. The second kappa shape index (κ2) is 3.32. The van der Waals surface area contributed by atoms with Crippen molar-refractivity contribution in [3.63, 3.8) is 0 Å². The van der Waals surface area contributed by atoms with Crippen molar-refractivity contribution in [3.05, 3.63) is 47.0 Å². The third kappa shape index (κ3) is 1.22. The third-order valence-electron chi connectivity index (χ3n) is 2.58. The standard InChI is InChI=1S/C13H8O2S/c14-10-6-3-5-9-12(10)15-11-7-2-1-4-8(11)13(9)16/h1-7,14H. The van der Waals surface area contributed by atoms with E-state index in [2.05, 4.69) is 0 Å². The molecule has 0 saturated carbocycles. The molecule has 0 amide bonds. The maximum absolute atomic E-state index is 9.72. The van der Waals surface area contributed by atoms with Gasteiger partial charge < -0.3 is 9.52 Å².